The van der Waals surface area contributed by atoms with Crippen LogP contribution in [0.2, 0.25) is 0 Å². The van der Waals surface area contributed by atoms with Gasteiger partial charge in [0.15, 0.2) is 18.2 Å². The van der Waals surface area contributed by atoms with Gasteiger partial charge in [0.2, 0.25) is 0 Å². The Hall–Kier alpha value is -2.91. The first-order valence-corrected chi connectivity index (χ1v) is 10.6. The van der Waals surface area contributed by atoms with Gasteiger partial charge in [-0.25, -0.2) is 4.79 Å². The van der Waals surface area contributed by atoms with Crippen molar-refractivity contribution in [2.75, 3.05) is 6.61 Å². The summed E-state index contributed by atoms with van der Waals surface area (Å²) in [6.45, 7) is 3.88. The van der Waals surface area contributed by atoms with Gasteiger partial charge in [-0.05, 0) is 25.5 Å². The molecule has 3 aliphatic heterocycles. The molecule has 8 heteroatoms. The summed E-state index contributed by atoms with van der Waals surface area (Å²) in [7, 11) is 0. The maximum atomic E-state index is 12.9. The molecule has 166 valence electrons. The third kappa shape index (κ3) is 3.27. The summed E-state index contributed by atoms with van der Waals surface area (Å²) in [5.41, 5.74) is 2.15. The van der Waals surface area contributed by atoms with Crippen LogP contribution in [0.15, 0.2) is 59.0 Å². The van der Waals surface area contributed by atoms with E-state index in [1.807, 2.05) is 54.6 Å². The third-order valence-electron chi connectivity index (χ3n) is 5.89. The van der Waals surface area contributed by atoms with Crippen LogP contribution in [0.25, 0.3) is 22.1 Å². The first-order valence-electron chi connectivity index (χ1n) is 10.6. The van der Waals surface area contributed by atoms with Crippen LogP contribution in [0, 0.1) is 0 Å². The van der Waals surface area contributed by atoms with Gasteiger partial charge in [-0.1, -0.05) is 48.5 Å². The molecule has 0 aliphatic carbocycles. The zero-order valence-corrected chi connectivity index (χ0v) is 17.6. The largest absolute Gasteiger partial charge is 0.516 e. The second-order valence-electron chi connectivity index (χ2n) is 8.50. The standard InChI is InChI=1S/C24H22O8/c1-24(2)31-19-18(16-12-26-22(28-16)20(19)32-24)29-23(25)30-21-17(13-8-4-3-5-9-13)14-10-6-7-11-15(14)27-21/h3-11,16,18-20,22H,12H2,1-2H3/t16-,18-,19+,20+,22-/m1/s1. The van der Waals surface area contributed by atoms with Gasteiger partial charge in [-0.15, -0.1) is 0 Å². The molecular weight excluding hydrogens is 416 g/mol. The van der Waals surface area contributed by atoms with Crippen molar-refractivity contribution in [3.63, 3.8) is 0 Å². The summed E-state index contributed by atoms with van der Waals surface area (Å²) < 4.78 is 40.5. The highest BCUT2D eigenvalue weighted by Gasteiger charge is 2.60. The van der Waals surface area contributed by atoms with Crippen LogP contribution in [0.1, 0.15) is 13.8 Å². The topological polar surface area (TPSA) is 85.6 Å². The average Bonchev–Trinajstić information content (AvgIpc) is 3.45. The first-order chi connectivity index (χ1) is 15.5. The third-order valence-corrected chi connectivity index (χ3v) is 5.89. The van der Waals surface area contributed by atoms with Gasteiger partial charge in [0.25, 0.3) is 0 Å². The summed E-state index contributed by atoms with van der Waals surface area (Å²) in [5.74, 6) is -0.766. The number of ether oxygens (including phenoxy) is 6. The van der Waals surface area contributed by atoms with E-state index in [-0.39, 0.29) is 12.6 Å². The van der Waals surface area contributed by atoms with E-state index < -0.39 is 42.6 Å². The molecule has 3 saturated heterocycles. The Labute approximate surface area is 183 Å². The van der Waals surface area contributed by atoms with E-state index in [1.165, 1.54) is 0 Å². The highest BCUT2D eigenvalue weighted by molar-refractivity contribution is 5.97. The van der Waals surface area contributed by atoms with Crippen molar-refractivity contribution in [1.29, 1.82) is 0 Å². The molecular formula is C24H22O8. The Morgan fingerprint density at radius 2 is 1.75 bits per heavy atom. The molecule has 0 N–H and O–H groups in total. The van der Waals surface area contributed by atoms with Crippen molar-refractivity contribution < 1.29 is 37.6 Å². The molecule has 0 spiro atoms. The van der Waals surface area contributed by atoms with Gasteiger partial charge < -0.3 is 32.8 Å². The number of rotatable bonds is 3. The number of benzene rings is 2. The van der Waals surface area contributed by atoms with Crippen molar-refractivity contribution in [1.82, 2.24) is 0 Å². The average molecular weight is 438 g/mol. The summed E-state index contributed by atoms with van der Waals surface area (Å²) in [4.78, 5) is 12.9. The van der Waals surface area contributed by atoms with Gasteiger partial charge >= 0.3 is 12.1 Å². The summed E-state index contributed by atoms with van der Waals surface area (Å²) in [6.07, 6.45) is -3.66. The second kappa shape index (κ2) is 7.31. The van der Waals surface area contributed by atoms with Gasteiger partial charge in [-0.3, -0.25) is 0 Å². The van der Waals surface area contributed by atoms with Crippen LogP contribution >= 0.6 is 0 Å². The van der Waals surface area contributed by atoms with E-state index in [9.17, 15) is 4.79 Å². The highest BCUT2D eigenvalue weighted by atomic mass is 16.8. The Morgan fingerprint density at radius 1 is 1.00 bits per heavy atom. The van der Waals surface area contributed by atoms with Crippen molar-refractivity contribution in [2.24, 2.45) is 0 Å². The minimum Gasteiger partial charge on any atom is -0.425 e. The fraction of sp³-hybridized carbons (Fsp3) is 0.375. The van der Waals surface area contributed by atoms with Crippen molar-refractivity contribution in [3.8, 4) is 17.1 Å². The maximum absolute atomic E-state index is 12.9. The van der Waals surface area contributed by atoms with Gasteiger partial charge in [0, 0.05) is 5.39 Å². The smallest absolute Gasteiger partial charge is 0.425 e. The predicted molar refractivity (Wildman–Crippen MR) is 111 cm³/mol. The molecule has 32 heavy (non-hydrogen) atoms. The number of para-hydroxylation sites is 1. The summed E-state index contributed by atoms with van der Waals surface area (Å²) >= 11 is 0. The lowest BCUT2D eigenvalue weighted by Crippen LogP contribution is -2.54. The fourth-order valence-electron chi connectivity index (χ4n) is 4.61. The molecule has 1 aromatic heterocycles. The maximum Gasteiger partial charge on any atom is 0.516 e. The van der Waals surface area contributed by atoms with Crippen LogP contribution in [0.3, 0.4) is 0 Å². The van der Waals surface area contributed by atoms with E-state index in [4.69, 9.17) is 32.8 Å². The molecule has 2 aromatic carbocycles. The number of hydrogen-bond donors (Lipinski definition) is 0. The van der Waals surface area contributed by atoms with E-state index in [2.05, 4.69) is 0 Å². The molecule has 4 heterocycles. The Bertz CT molecular complexity index is 1150. The number of furan rings is 1. The Kier molecular flexibility index (Phi) is 4.51. The Morgan fingerprint density at radius 3 is 2.59 bits per heavy atom. The molecule has 0 radical (unpaired) electrons. The lowest BCUT2D eigenvalue weighted by atomic mass is 10.0. The molecule has 3 aromatic rings. The lowest BCUT2D eigenvalue weighted by molar-refractivity contribution is -0.199. The van der Waals surface area contributed by atoms with Crippen molar-refractivity contribution >= 4 is 17.1 Å². The molecule has 0 saturated carbocycles. The number of carbonyl (C=O) groups is 1. The van der Waals surface area contributed by atoms with Gasteiger partial charge in [0.1, 0.15) is 23.9 Å². The van der Waals surface area contributed by atoms with E-state index in [0.717, 1.165) is 10.9 Å². The molecule has 2 bridgehead atoms. The predicted octanol–water partition coefficient (Wildman–Crippen LogP) is 4.26. The van der Waals surface area contributed by atoms with Crippen LogP contribution in [-0.4, -0.2) is 49.3 Å². The summed E-state index contributed by atoms with van der Waals surface area (Å²) in [6, 6.07) is 17.1. The van der Waals surface area contributed by atoms with E-state index >= 15 is 0 Å². The minimum atomic E-state index is -0.910. The molecule has 0 unspecified atom stereocenters. The zero-order valence-electron chi connectivity index (χ0n) is 17.6. The molecule has 3 fully saturated rings. The normalized spacial score (nSPS) is 30.2. The van der Waals surface area contributed by atoms with E-state index in [1.54, 1.807) is 13.8 Å². The highest BCUT2D eigenvalue weighted by Crippen LogP contribution is 2.43. The molecule has 0 amide bonds. The van der Waals surface area contributed by atoms with Crippen LogP contribution in [0.4, 0.5) is 4.79 Å². The lowest BCUT2D eigenvalue weighted by Gasteiger charge is -2.33. The monoisotopic (exact) mass is 438 g/mol. The number of fused-ring (bicyclic) bond motifs is 5. The number of carbonyl (C=O) groups excluding carboxylic acids is 1. The van der Waals surface area contributed by atoms with Crippen LogP contribution < -0.4 is 4.74 Å². The van der Waals surface area contributed by atoms with Crippen molar-refractivity contribution in [2.45, 2.75) is 50.3 Å². The Balaban J connectivity index is 1.28. The zero-order chi connectivity index (χ0) is 21.9. The van der Waals surface area contributed by atoms with Crippen LogP contribution in [-0.2, 0) is 23.7 Å². The van der Waals surface area contributed by atoms with Gasteiger partial charge in [0.05, 0.1) is 12.2 Å². The van der Waals surface area contributed by atoms with Crippen LogP contribution in [0.5, 0.6) is 5.95 Å². The van der Waals surface area contributed by atoms with Crippen molar-refractivity contribution in [3.05, 3.63) is 54.6 Å². The summed E-state index contributed by atoms with van der Waals surface area (Å²) in [5, 5.41) is 0.837. The van der Waals surface area contributed by atoms with Gasteiger partial charge in [-0.2, -0.15) is 0 Å². The molecule has 3 aliphatic rings. The quantitative estimate of drug-likeness (QED) is 0.561. The molecule has 8 nitrogen and oxygen atoms in total. The minimum absolute atomic E-state index is 0.0696. The fourth-order valence-corrected chi connectivity index (χ4v) is 4.61. The first kappa shape index (κ1) is 19.8. The molecule has 5 atom stereocenters. The second-order valence-corrected chi connectivity index (χ2v) is 8.50. The SMILES string of the molecule is CC1(C)O[C@@H]2[C@H](O1)[C@@H]1OC[C@@H](O1)[C@H]2OC(=O)Oc1oc2ccccc2c1-c1ccccc1. The number of hydrogen-bond acceptors (Lipinski definition) is 8. The molecule has 6 rings (SSSR count). The van der Waals surface area contributed by atoms with E-state index in [0.29, 0.717) is 11.1 Å².